The van der Waals surface area contributed by atoms with Crippen LogP contribution in [0.5, 0.6) is 0 Å². The van der Waals surface area contributed by atoms with Crippen molar-refractivity contribution in [1.82, 2.24) is 14.9 Å². The first-order valence-electron chi connectivity index (χ1n) is 7.10. The van der Waals surface area contributed by atoms with Crippen LogP contribution in [0.25, 0.3) is 11.0 Å². The van der Waals surface area contributed by atoms with E-state index in [1.807, 2.05) is 23.6 Å². The molecule has 0 bridgehead atoms. The van der Waals surface area contributed by atoms with Crippen LogP contribution in [0.15, 0.2) is 35.7 Å². The van der Waals surface area contributed by atoms with E-state index < -0.39 is 0 Å². The maximum Gasteiger partial charge on any atom is 0.268 e. The second kappa shape index (κ2) is 6.29. The quantitative estimate of drug-likeness (QED) is 0.761. The summed E-state index contributed by atoms with van der Waals surface area (Å²) in [4.78, 5) is 22.6. The minimum Gasteiger partial charge on any atom is -0.324 e. The monoisotopic (exact) mass is 314 g/mol. The molecule has 3 aromatic rings. The van der Waals surface area contributed by atoms with Gasteiger partial charge in [0, 0.05) is 6.54 Å². The zero-order chi connectivity index (χ0) is 15.5. The van der Waals surface area contributed by atoms with E-state index in [-0.39, 0.29) is 5.91 Å². The van der Waals surface area contributed by atoms with Crippen LogP contribution in [-0.2, 0) is 6.42 Å². The minimum absolute atomic E-state index is 0.135. The number of amides is 1. The molecule has 22 heavy (non-hydrogen) atoms. The highest BCUT2D eigenvalue weighted by molar-refractivity contribution is 7.12. The average Bonchev–Trinajstić information content (AvgIpc) is 3.13. The Labute approximate surface area is 133 Å². The van der Waals surface area contributed by atoms with E-state index >= 15 is 0 Å². The van der Waals surface area contributed by atoms with Crippen LogP contribution < -0.4 is 5.32 Å². The fraction of sp³-hybridized carbons (Fsp3) is 0.250. The molecular weight excluding hydrogens is 296 g/mol. The Hall–Kier alpha value is -2.18. The van der Waals surface area contributed by atoms with Gasteiger partial charge in [-0.3, -0.25) is 10.1 Å². The van der Waals surface area contributed by atoms with E-state index in [1.54, 1.807) is 6.07 Å². The number of rotatable bonds is 5. The lowest BCUT2D eigenvalue weighted by atomic mass is 10.1. The zero-order valence-electron chi connectivity index (χ0n) is 12.6. The largest absolute Gasteiger partial charge is 0.324 e. The van der Waals surface area contributed by atoms with Crippen molar-refractivity contribution < 1.29 is 4.79 Å². The first-order chi connectivity index (χ1) is 10.6. The molecule has 3 rings (SSSR count). The number of para-hydroxylation sites is 1. The normalized spacial score (nSPS) is 11.2. The Morgan fingerprint density at radius 3 is 2.91 bits per heavy atom. The van der Waals surface area contributed by atoms with Crippen molar-refractivity contribution in [3.8, 4) is 0 Å². The number of aromatic amines is 1. The minimum atomic E-state index is -0.135. The highest BCUT2D eigenvalue weighted by Crippen LogP contribution is 2.20. The lowest BCUT2D eigenvalue weighted by Crippen LogP contribution is -2.15. The standard InChI is InChI=1S/C16H18N4OS/c1-20(2)9-8-11-5-3-6-12-14(11)18-16(17-12)19-15(21)13-7-4-10-22-13/h3-7,10H,8-9H2,1-2H3,(H2,17,18,19,21). The van der Waals surface area contributed by atoms with Gasteiger partial charge < -0.3 is 9.88 Å². The van der Waals surface area contributed by atoms with E-state index in [1.165, 1.54) is 16.9 Å². The Balaban J connectivity index is 1.83. The Bertz CT molecular complexity index is 777. The number of benzene rings is 1. The predicted molar refractivity (Wildman–Crippen MR) is 90.6 cm³/mol. The molecule has 0 radical (unpaired) electrons. The molecule has 5 nitrogen and oxygen atoms in total. The summed E-state index contributed by atoms with van der Waals surface area (Å²) in [5.41, 5.74) is 3.04. The third-order valence-corrected chi connectivity index (χ3v) is 4.27. The van der Waals surface area contributed by atoms with Gasteiger partial charge in [0.15, 0.2) is 0 Å². The van der Waals surface area contributed by atoms with E-state index in [4.69, 9.17) is 0 Å². The van der Waals surface area contributed by atoms with E-state index in [9.17, 15) is 4.79 Å². The third kappa shape index (κ3) is 3.18. The molecule has 0 aliphatic rings. The highest BCUT2D eigenvalue weighted by atomic mass is 32.1. The van der Waals surface area contributed by atoms with Crippen LogP contribution >= 0.6 is 11.3 Å². The average molecular weight is 314 g/mol. The number of aromatic nitrogens is 2. The van der Waals surface area contributed by atoms with Gasteiger partial charge in [-0.05, 0) is 43.6 Å². The number of nitrogens with zero attached hydrogens (tertiary/aromatic N) is 2. The number of carbonyl (C=O) groups is 1. The zero-order valence-corrected chi connectivity index (χ0v) is 13.4. The SMILES string of the molecule is CN(C)CCc1cccc2[nH]c(NC(=O)c3cccs3)nc12. The van der Waals surface area contributed by atoms with Crippen molar-refractivity contribution in [1.29, 1.82) is 0 Å². The van der Waals surface area contributed by atoms with Crippen molar-refractivity contribution >= 4 is 34.2 Å². The van der Waals surface area contributed by atoms with Crippen LogP contribution in [0.4, 0.5) is 5.95 Å². The van der Waals surface area contributed by atoms with Crippen molar-refractivity contribution in [3.05, 3.63) is 46.2 Å². The fourth-order valence-electron chi connectivity index (χ4n) is 2.27. The van der Waals surface area contributed by atoms with Gasteiger partial charge in [0.2, 0.25) is 5.95 Å². The summed E-state index contributed by atoms with van der Waals surface area (Å²) in [5.74, 6) is 0.356. The number of fused-ring (bicyclic) bond motifs is 1. The lowest BCUT2D eigenvalue weighted by molar-refractivity contribution is 0.103. The molecular formula is C16H18N4OS. The number of nitrogens with one attached hydrogen (secondary N) is 2. The lowest BCUT2D eigenvalue weighted by Gasteiger charge is -2.09. The van der Waals surface area contributed by atoms with Gasteiger partial charge in [-0.1, -0.05) is 18.2 Å². The Morgan fingerprint density at radius 1 is 1.32 bits per heavy atom. The van der Waals surface area contributed by atoms with E-state index in [0.717, 1.165) is 24.0 Å². The van der Waals surface area contributed by atoms with Crippen molar-refractivity contribution in [3.63, 3.8) is 0 Å². The smallest absolute Gasteiger partial charge is 0.268 e. The van der Waals surface area contributed by atoms with Crippen molar-refractivity contribution in [2.75, 3.05) is 26.0 Å². The summed E-state index contributed by atoms with van der Waals surface area (Å²) in [6.07, 6.45) is 0.924. The molecule has 0 saturated heterocycles. The van der Waals surface area contributed by atoms with Gasteiger partial charge in [-0.25, -0.2) is 4.98 Å². The van der Waals surface area contributed by atoms with E-state index in [0.29, 0.717) is 10.8 Å². The van der Waals surface area contributed by atoms with E-state index in [2.05, 4.69) is 40.3 Å². The highest BCUT2D eigenvalue weighted by Gasteiger charge is 2.11. The summed E-state index contributed by atoms with van der Waals surface area (Å²) in [7, 11) is 4.11. The molecule has 0 aliphatic carbocycles. The maximum absolute atomic E-state index is 12.1. The Kier molecular flexibility index (Phi) is 4.22. The van der Waals surface area contributed by atoms with Crippen LogP contribution in [0.1, 0.15) is 15.2 Å². The first-order valence-corrected chi connectivity index (χ1v) is 7.98. The Morgan fingerprint density at radius 2 is 2.18 bits per heavy atom. The van der Waals surface area contributed by atoms with Gasteiger partial charge in [-0.15, -0.1) is 11.3 Å². The molecule has 1 aromatic carbocycles. The molecule has 0 atom stereocenters. The summed E-state index contributed by atoms with van der Waals surface area (Å²) in [6, 6.07) is 9.72. The molecule has 0 fully saturated rings. The van der Waals surface area contributed by atoms with Crippen molar-refractivity contribution in [2.24, 2.45) is 0 Å². The van der Waals surface area contributed by atoms with Gasteiger partial charge in [0.25, 0.3) is 5.91 Å². The number of hydrogen-bond acceptors (Lipinski definition) is 4. The summed E-state index contributed by atoms with van der Waals surface area (Å²) < 4.78 is 0. The summed E-state index contributed by atoms with van der Waals surface area (Å²) >= 11 is 1.41. The molecule has 1 amide bonds. The third-order valence-electron chi connectivity index (χ3n) is 3.40. The molecule has 2 heterocycles. The summed E-state index contributed by atoms with van der Waals surface area (Å²) in [6.45, 7) is 0.961. The summed E-state index contributed by atoms with van der Waals surface area (Å²) in [5, 5.41) is 4.70. The van der Waals surface area contributed by atoms with Crippen LogP contribution in [0, 0.1) is 0 Å². The molecule has 0 unspecified atom stereocenters. The maximum atomic E-state index is 12.1. The number of likely N-dealkylation sites (N-methyl/N-ethyl adjacent to an activating group) is 1. The number of hydrogen-bond donors (Lipinski definition) is 2. The van der Waals surface area contributed by atoms with Crippen molar-refractivity contribution in [2.45, 2.75) is 6.42 Å². The number of thiophene rings is 1. The number of anilines is 1. The van der Waals surface area contributed by atoms with Crippen LogP contribution in [0.3, 0.4) is 0 Å². The molecule has 6 heteroatoms. The molecule has 2 aromatic heterocycles. The number of imidazole rings is 1. The molecule has 2 N–H and O–H groups in total. The van der Waals surface area contributed by atoms with Gasteiger partial charge in [0.05, 0.1) is 15.9 Å². The topological polar surface area (TPSA) is 61.0 Å². The second-order valence-electron chi connectivity index (χ2n) is 5.38. The molecule has 0 saturated carbocycles. The molecule has 0 spiro atoms. The van der Waals surface area contributed by atoms with Gasteiger partial charge in [-0.2, -0.15) is 0 Å². The second-order valence-corrected chi connectivity index (χ2v) is 6.33. The number of H-pyrrole nitrogens is 1. The predicted octanol–water partition coefficient (Wildman–Crippen LogP) is 2.98. The number of carbonyl (C=O) groups excluding carboxylic acids is 1. The van der Waals surface area contributed by atoms with Gasteiger partial charge in [0.1, 0.15) is 0 Å². The van der Waals surface area contributed by atoms with Gasteiger partial charge >= 0.3 is 0 Å². The molecule has 0 aliphatic heterocycles. The van der Waals surface area contributed by atoms with Crippen LogP contribution in [0.2, 0.25) is 0 Å². The van der Waals surface area contributed by atoms with Crippen LogP contribution in [-0.4, -0.2) is 41.4 Å². The first kappa shape index (κ1) is 14.7. The fourth-order valence-corrected chi connectivity index (χ4v) is 2.89. The molecule has 114 valence electrons.